The summed E-state index contributed by atoms with van der Waals surface area (Å²) in [6.45, 7) is 11.5. The van der Waals surface area contributed by atoms with Crippen molar-refractivity contribution in [1.82, 2.24) is 15.5 Å². The quantitative estimate of drug-likeness (QED) is 0.808. The molecule has 1 saturated heterocycles. The second kappa shape index (κ2) is 6.23. The highest BCUT2D eigenvalue weighted by Crippen LogP contribution is 2.38. The number of carbonyl (C=O) groups excluding carboxylic acids is 1. The molecule has 0 spiro atoms. The van der Waals surface area contributed by atoms with E-state index in [1.807, 2.05) is 0 Å². The van der Waals surface area contributed by atoms with Gasteiger partial charge in [-0.1, -0.05) is 20.8 Å². The van der Waals surface area contributed by atoms with Crippen LogP contribution in [0.1, 0.15) is 40.0 Å². The summed E-state index contributed by atoms with van der Waals surface area (Å²) < 4.78 is 0. The summed E-state index contributed by atoms with van der Waals surface area (Å²) in [5.41, 5.74) is 0.366. The molecule has 0 unspecified atom stereocenters. The number of amides is 1. The Balaban J connectivity index is 1.78. The van der Waals surface area contributed by atoms with E-state index in [0.717, 1.165) is 39.0 Å². The number of hydrogen-bond acceptors (Lipinski definition) is 3. The summed E-state index contributed by atoms with van der Waals surface area (Å²) in [7, 11) is 0. The molecule has 110 valence electrons. The Bertz CT molecular complexity index is 311. The van der Waals surface area contributed by atoms with E-state index in [-0.39, 0.29) is 5.91 Å². The molecule has 2 rings (SSSR count). The van der Waals surface area contributed by atoms with Crippen molar-refractivity contribution in [3.8, 4) is 0 Å². The van der Waals surface area contributed by atoms with Crippen molar-refractivity contribution in [2.24, 2.45) is 11.3 Å². The van der Waals surface area contributed by atoms with Crippen LogP contribution in [0.25, 0.3) is 0 Å². The molecule has 1 amide bonds. The summed E-state index contributed by atoms with van der Waals surface area (Å²) in [6.07, 6.45) is 3.53. The van der Waals surface area contributed by atoms with Gasteiger partial charge in [0.2, 0.25) is 5.91 Å². The minimum Gasteiger partial charge on any atom is -0.352 e. The van der Waals surface area contributed by atoms with Crippen LogP contribution < -0.4 is 10.6 Å². The van der Waals surface area contributed by atoms with E-state index in [2.05, 4.69) is 36.3 Å². The largest absolute Gasteiger partial charge is 0.352 e. The van der Waals surface area contributed by atoms with Crippen LogP contribution in [-0.4, -0.2) is 49.6 Å². The smallest absolute Gasteiger partial charge is 0.234 e. The predicted octanol–water partition coefficient (Wildman–Crippen LogP) is 1.22. The molecular weight excluding hydrogens is 238 g/mol. The van der Waals surface area contributed by atoms with Crippen molar-refractivity contribution in [2.75, 3.05) is 32.7 Å². The highest BCUT2D eigenvalue weighted by molar-refractivity contribution is 5.78. The Morgan fingerprint density at radius 3 is 2.63 bits per heavy atom. The third-order valence-corrected chi connectivity index (χ3v) is 4.33. The van der Waals surface area contributed by atoms with Crippen LogP contribution in [0.15, 0.2) is 0 Å². The molecule has 0 aromatic heterocycles. The maximum atomic E-state index is 12.1. The minimum absolute atomic E-state index is 0.205. The maximum absolute atomic E-state index is 12.1. The summed E-state index contributed by atoms with van der Waals surface area (Å²) in [4.78, 5) is 14.4. The van der Waals surface area contributed by atoms with Gasteiger partial charge in [-0.05, 0) is 30.6 Å². The van der Waals surface area contributed by atoms with Gasteiger partial charge in [0.15, 0.2) is 0 Å². The van der Waals surface area contributed by atoms with Crippen LogP contribution in [0.2, 0.25) is 0 Å². The van der Waals surface area contributed by atoms with Gasteiger partial charge in [0, 0.05) is 32.2 Å². The van der Waals surface area contributed by atoms with Gasteiger partial charge in [0.1, 0.15) is 0 Å². The Morgan fingerprint density at radius 2 is 2.00 bits per heavy atom. The van der Waals surface area contributed by atoms with E-state index in [1.54, 1.807) is 0 Å². The van der Waals surface area contributed by atoms with Gasteiger partial charge in [-0.3, -0.25) is 9.69 Å². The summed E-state index contributed by atoms with van der Waals surface area (Å²) in [6, 6.07) is 0.370. The van der Waals surface area contributed by atoms with Crippen molar-refractivity contribution in [3.05, 3.63) is 0 Å². The lowest BCUT2D eigenvalue weighted by molar-refractivity contribution is -0.123. The summed E-state index contributed by atoms with van der Waals surface area (Å²) >= 11 is 0. The molecule has 4 heteroatoms. The van der Waals surface area contributed by atoms with Crippen LogP contribution in [0.4, 0.5) is 0 Å². The lowest BCUT2D eigenvalue weighted by Gasteiger charge is -2.39. The van der Waals surface area contributed by atoms with E-state index in [1.165, 1.54) is 6.42 Å². The van der Waals surface area contributed by atoms with Crippen molar-refractivity contribution in [3.63, 3.8) is 0 Å². The van der Waals surface area contributed by atoms with Crippen LogP contribution in [0, 0.1) is 11.3 Å². The van der Waals surface area contributed by atoms with Gasteiger partial charge >= 0.3 is 0 Å². The average Bonchev–Trinajstić information content (AvgIpc) is 2.26. The second-order valence-electron chi connectivity index (χ2n) is 7.20. The third kappa shape index (κ3) is 4.77. The molecule has 0 aromatic rings. The molecule has 4 nitrogen and oxygen atoms in total. The first-order valence-corrected chi connectivity index (χ1v) is 7.67. The standard InChI is InChI=1S/C15H29N3O/c1-12-8-13(10-15(2,3)9-12)17-14(19)11-18-6-4-16-5-7-18/h12-13,16H,4-11H2,1-3H3,(H,17,19)/t12-,13-/m0/s1. The van der Waals surface area contributed by atoms with E-state index in [4.69, 9.17) is 0 Å². The Morgan fingerprint density at radius 1 is 1.32 bits per heavy atom. The molecule has 1 heterocycles. The van der Waals surface area contributed by atoms with Crippen molar-refractivity contribution >= 4 is 5.91 Å². The van der Waals surface area contributed by atoms with Crippen LogP contribution in [0.3, 0.4) is 0 Å². The van der Waals surface area contributed by atoms with Crippen molar-refractivity contribution < 1.29 is 4.79 Å². The van der Waals surface area contributed by atoms with E-state index in [9.17, 15) is 4.79 Å². The highest BCUT2D eigenvalue weighted by Gasteiger charge is 2.32. The van der Waals surface area contributed by atoms with Gasteiger partial charge in [-0.15, -0.1) is 0 Å². The predicted molar refractivity (Wildman–Crippen MR) is 78.0 cm³/mol. The lowest BCUT2D eigenvalue weighted by atomic mass is 9.70. The van der Waals surface area contributed by atoms with Gasteiger partial charge in [-0.2, -0.15) is 0 Å². The zero-order valence-corrected chi connectivity index (χ0v) is 12.7. The zero-order chi connectivity index (χ0) is 13.9. The topological polar surface area (TPSA) is 44.4 Å². The molecule has 2 aliphatic rings. The molecule has 2 N–H and O–H groups in total. The number of piperazine rings is 1. The molecule has 19 heavy (non-hydrogen) atoms. The molecule has 0 bridgehead atoms. The maximum Gasteiger partial charge on any atom is 0.234 e. The van der Waals surface area contributed by atoms with Gasteiger partial charge in [-0.25, -0.2) is 0 Å². The monoisotopic (exact) mass is 267 g/mol. The molecule has 2 fully saturated rings. The van der Waals surface area contributed by atoms with Crippen LogP contribution in [0.5, 0.6) is 0 Å². The third-order valence-electron chi connectivity index (χ3n) is 4.33. The number of carbonyl (C=O) groups is 1. The fourth-order valence-electron chi connectivity index (χ4n) is 3.80. The summed E-state index contributed by atoms with van der Waals surface area (Å²) in [5, 5.41) is 6.56. The number of hydrogen-bond donors (Lipinski definition) is 2. The SMILES string of the molecule is C[C@H]1C[C@H](NC(=O)CN2CCNCC2)CC(C)(C)C1. The van der Waals surface area contributed by atoms with Crippen molar-refractivity contribution in [1.29, 1.82) is 0 Å². The molecule has 2 atom stereocenters. The lowest BCUT2D eigenvalue weighted by Crippen LogP contribution is -2.50. The average molecular weight is 267 g/mol. The Kier molecular flexibility index (Phi) is 4.85. The van der Waals surface area contributed by atoms with E-state index >= 15 is 0 Å². The van der Waals surface area contributed by atoms with Gasteiger partial charge in [0.25, 0.3) is 0 Å². The Labute approximate surface area is 117 Å². The molecular formula is C15H29N3O. The number of nitrogens with zero attached hydrogens (tertiary/aromatic N) is 1. The first-order valence-electron chi connectivity index (χ1n) is 7.67. The normalized spacial score (nSPS) is 31.9. The fourth-order valence-corrected chi connectivity index (χ4v) is 3.80. The molecule has 1 aliphatic carbocycles. The first kappa shape index (κ1) is 14.8. The summed E-state index contributed by atoms with van der Waals surface area (Å²) in [5.74, 6) is 0.921. The molecule has 1 saturated carbocycles. The first-order chi connectivity index (χ1) is 8.94. The second-order valence-corrected chi connectivity index (χ2v) is 7.20. The molecule has 0 aromatic carbocycles. The van der Waals surface area contributed by atoms with Gasteiger partial charge < -0.3 is 10.6 Å². The van der Waals surface area contributed by atoms with Crippen LogP contribution in [-0.2, 0) is 4.79 Å². The number of nitrogens with one attached hydrogen (secondary N) is 2. The Hall–Kier alpha value is -0.610. The molecule has 0 radical (unpaired) electrons. The minimum atomic E-state index is 0.205. The van der Waals surface area contributed by atoms with Gasteiger partial charge in [0.05, 0.1) is 6.54 Å². The van der Waals surface area contributed by atoms with Crippen LogP contribution >= 0.6 is 0 Å². The van der Waals surface area contributed by atoms with E-state index in [0.29, 0.717) is 23.9 Å². The fraction of sp³-hybridized carbons (Fsp3) is 0.933. The van der Waals surface area contributed by atoms with E-state index < -0.39 is 0 Å². The highest BCUT2D eigenvalue weighted by atomic mass is 16.2. The zero-order valence-electron chi connectivity index (χ0n) is 12.7. The van der Waals surface area contributed by atoms with Crippen molar-refractivity contribution in [2.45, 2.75) is 46.1 Å². The number of rotatable bonds is 3. The molecule has 1 aliphatic heterocycles.